The third-order valence-electron chi connectivity index (χ3n) is 4.76. The lowest BCUT2D eigenvalue weighted by molar-refractivity contribution is 0.0949. The molecule has 26 heavy (non-hydrogen) atoms. The number of benzene rings is 2. The summed E-state index contributed by atoms with van der Waals surface area (Å²) in [5.74, 6) is -0.260. The number of H-pyrrole nitrogens is 1. The van der Waals surface area contributed by atoms with Crippen LogP contribution in [0.5, 0.6) is 0 Å². The lowest BCUT2D eigenvalue weighted by Crippen LogP contribution is -2.21. The summed E-state index contributed by atoms with van der Waals surface area (Å²) in [6, 6.07) is 18.4. The van der Waals surface area contributed by atoms with Crippen molar-refractivity contribution in [3.8, 4) is 11.1 Å². The van der Waals surface area contributed by atoms with Crippen molar-refractivity contribution in [3.05, 3.63) is 77.1 Å². The van der Waals surface area contributed by atoms with E-state index in [1.165, 1.54) is 5.56 Å². The molecule has 0 spiro atoms. The van der Waals surface area contributed by atoms with Gasteiger partial charge in [-0.2, -0.15) is 10.2 Å². The second kappa shape index (κ2) is 6.96. The van der Waals surface area contributed by atoms with Gasteiger partial charge >= 0.3 is 0 Å². The molecule has 1 aliphatic carbocycles. The minimum atomic E-state index is -0.260. The molecule has 130 valence electrons. The van der Waals surface area contributed by atoms with Crippen LogP contribution < -0.4 is 5.43 Å². The first-order chi connectivity index (χ1) is 12.7. The van der Waals surface area contributed by atoms with Gasteiger partial charge in [0.15, 0.2) is 5.69 Å². The molecule has 0 aliphatic heterocycles. The smallest absolute Gasteiger partial charge is 0.281 e. The van der Waals surface area contributed by atoms with Crippen LogP contribution in [0.25, 0.3) is 11.1 Å². The average molecular weight is 344 g/mol. The van der Waals surface area contributed by atoms with Crippen molar-refractivity contribution < 1.29 is 4.79 Å². The van der Waals surface area contributed by atoms with Crippen LogP contribution in [-0.4, -0.2) is 21.8 Å². The van der Waals surface area contributed by atoms with Gasteiger partial charge in [0.05, 0.1) is 5.71 Å². The molecule has 1 amide bonds. The highest BCUT2D eigenvalue weighted by Crippen LogP contribution is 2.22. The third-order valence-corrected chi connectivity index (χ3v) is 4.76. The Bertz CT molecular complexity index is 955. The van der Waals surface area contributed by atoms with Gasteiger partial charge in [0.25, 0.3) is 5.91 Å². The van der Waals surface area contributed by atoms with Crippen molar-refractivity contribution >= 4 is 11.6 Å². The molecular formula is C21H20N4O. The van der Waals surface area contributed by atoms with Gasteiger partial charge in [0.1, 0.15) is 0 Å². The molecule has 2 aromatic carbocycles. The molecule has 0 unspecified atom stereocenters. The number of rotatable bonds is 4. The lowest BCUT2D eigenvalue weighted by Gasteiger charge is -2.05. The minimum absolute atomic E-state index is 0.260. The average Bonchev–Trinajstić information content (AvgIpc) is 3.30. The maximum Gasteiger partial charge on any atom is 0.292 e. The highest BCUT2D eigenvalue weighted by atomic mass is 16.2. The molecule has 0 fully saturated rings. The predicted molar refractivity (Wildman–Crippen MR) is 102 cm³/mol. The zero-order valence-corrected chi connectivity index (χ0v) is 14.6. The number of aromatic nitrogens is 2. The van der Waals surface area contributed by atoms with Gasteiger partial charge in [-0.1, -0.05) is 54.6 Å². The molecular weight excluding hydrogens is 324 g/mol. The van der Waals surface area contributed by atoms with Gasteiger partial charge in [0.2, 0.25) is 0 Å². The number of aromatic amines is 1. The fourth-order valence-electron chi connectivity index (χ4n) is 3.29. The van der Waals surface area contributed by atoms with E-state index in [2.05, 4.69) is 45.0 Å². The van der Waals surface area contributed by atoms with Gasteiger partial charge in [0, 0.05) is 11.3 Å². The van der Waals surface area contributed by atoms with E-state index in [0.29, 0.717) is 5.69 Å². The summed E-state index contributed by atoms with van der Waals surface area (Å²) in [5.41, 5.74) is 9.25. The minimum Gasteiger partial charge on any atom is -0.281 e. The lowest BCUT2D eigenvalue weighted by atomic mass is 10.0. The Labute approximate surface area is 152 Å². The molecule has 1 aliphatic rings. The number of nitrogens with one attached hydrogen (secondary N) is 2. The number of amides is 1. The number of carbonyl (C=O) groups is 1. The molecule has 0 saturated carbocycles. The summed E-state index contributed by atoms with van der Waals surface area (Å²) in [5, 5.41) is 11.3. The van der Waals surface area contributed by atoms with E-state index in [1.54, 1.807) is 0 Å². The molecule has 5 heteroatoms. The van der Waals surface area contributed by atoms with E-state index in [9.17, 15) is 4.79 Å². The summed E-state index contributed by atoms with van der Waals surface area (Å²) in [6.45, 7) is 1.88. The van der Waals surface area contributed by atoms with E-state index < -0.39 is 0 Å². The molecule has 3 aromatic rings. The summed E-state index contributed by atoms with van der Waals surface area (Å²) in [6.07, 6.45) is 2.93. The Morgan fingerprint density at radius 3 is 2.54 bits per heavy atom. The van der Waals surface area contributed by atoms with Crippen LogP contribution >= 0.6 is 0 Å². The van der Waals surface area contributed by atoms with Crippen molar-refractivity contribution in [2.75, 3.05) is 0 Å². The Kier molecular flexibility index (Phi) is 4.35. The van der Waals surface area contributed by atoms with Gasteiger partial charge in [-0.05, 0) is 42.9 Å². The monoisotopic (exact) mass is 344 g/mol. The normalized spacial score (nSPS) is 13.5. The third kappa shape index (κ3) is 3.16. The van der Waals surface area contributed by atoms with E-state index >= 15 is 0 Å². The van der Waals surface area contributed by atoms with E-state index in [4.69, 9.17) is 0 Å². The topological polar surface area (TPSA) is 70.1 Å². The molecule has 5 nitrogen and oxygen atoms in total. The van der Waals surface area contributed by atoms with Crippen LogP contribution in [0.3, 0.4) is 0 Å². The number of hydrogen-bond donors (Lipinski definition) is 2. The van der Waals surface area contributed by atoms with Crippen LogP contribution in [0.1, 0.15) is 40.7 Å². The van der Waals surface area contributed by atoms with Gasteiger partial charge in [-0.3, -0.25) is 9.89 Å². The standard InChI is InChI=1S/C21H20N4O/c1-14(15-10-12-17(13-11-15)16-6-3-2-4-7-16)22-25-21(26)20-18-8-5-9-19(18)23-24-20/h2-4,6-7,10-13H,5,8-9H2,1H3,(H,23,24)(H,25,26)/b22-14-. The maximum atomic E-state index is 12.3. The Balaban J connectivity index is 1.47. The summed E-state index contributed by atoms with van der Waals surface area (Å²) in [7, 11) is 0. The molecule has 1 aromatic heterocycles. The highest BCUT2D eigenvalue weighted by Gasteiger charge is 2.22. The molecule has 2 N–H and O–H groups in total. The van der Waals surface area contributed by atoms with Crippen molar-refractivity contribution in [2.45, 2.75) is 26.2 Å². The first-order valence-electron chi connectivity index (χ1n) is 8.79. The van der Waals surface area contributed by atoms with Gasteiger partial charge in [-0.25, -0.2) is 5.43 Å². The summed E-state index contributed by atoms with van der Waals surface area (Å²) in [4.78, 5) is 12.3. The second-order valence-electron chi connectivity index (χ2n) is 6.46. The number of carbonyl (C=O) groups excluding carboxylic acids is 1. The number of hydrogen-bond acceptors (Lipinski definition) is 3. The molecule has 0 atom stereocenters. The first-order valence-corrected chi connectivity index (χ1v) is 8.79. The molecule has 1 heterocycles. The Hall–Kier alpha value is -3.21. The predicted octanol–water partition coefficient (Wildman–Crippen LogP) is 3.72. The first kappa shape index (κ1) is 16.3. The molecule has 0 saturated heterocycles. The van der Waals surface area contributed by atoms with Crippen LogP contribution in [-0.2, 0) is 12.8 Å². The van der Waals surface area contributed by atoms with Crippen molar-refractivity contribution in [2.24, 2.45) is 5.10 Å². The fraction of sp³-hybridized carbons (Fsp3) is 0.190. The summed E-state index contributed by atoms with van der Waals surface area (Å²) < 4.78 is 0. The van der Waals surface area contributed by atoms with Gasteiger partial charge < -0.3 is 0 Å². The highest BCUT2D eigenvalue weighted by molar-refractivity contribution is 6.01. The van der Waals surface area contributed by atoms with Crippen LogP contribution in [0.2, 0.25) is 0 Å². The number of hydrazone groups is 1. The Morgan fingerprint density at radius 1 is 1.04 bits per heavy atom. The van der Waals surface area contributed by atoms with Gasteiger partial charge in [-0.15, -0.1) is 0 Å². The van der Waals surface area contributed by atoms with E-state index in [0.717, 1.165) is 47.4 Å². The number of aryl methyl sites for hydroxylation is 1. The van der Waals surface area contributed by atoms with Crippen LogP contribution in [0.4, 0.5) is 0 Å². The second-order valence-corrected chi connectivity index (χ2v) is 6.46. The Morgan fingerprint density at radius 2 is 1.77 bits per heavy atom. The van der Waals surface area contributed by atoms with E-state index in [1.807, 2.05) is 37.3 Å². The van der Waals surface area contributed by atoms with Crippen LogP contribution in [0.15, 0.2) is 59.7 Å². The summed E-state index contributed by atoms with van der Waals surface area (Å²) >= 11 is 0. The molecule has 0 bridgehead atoms. The largest absolute Gasteiger partial charge is 0.292 e. The quantitative estimate of drug-likeness (QED) is 0.559. The zero-order chi connectivity index (χ0) is 17.9. The molecule has 4 rings (SSSR count). The number of nitrogens with zero attached hydrogens (tertiary/aromatic N) is 2. The fourth-order valence-corrected chi connectivity index (χ4v) is 3.29. The van der Waals surface area contributed by atoms with Crippen molar-refractivity contribution in [3.63, 3.8) is 0 Å². The van der Waals surface area contributed by atoms with E-state index in [-0.39, 0.29) is 5.91 Å². The van der Waals surface area contributed by atoms with Crippen molar-refractivity contribution in [1.29, 1.82) is 0 Å². The zero-order valence-electron chi connectivity index (χ0n) is 14.6. The SMILES string of the molecule is C/C(=N/NC(=O)c1n[nH]c2c1CCC2)c1ccc(-c2ccccc2)cc1. The van der Waals surface area contributed by atoms with Crippen LogP contribution in [0, 0.1) is 0 Å². The number of fused-ring (bicyclic) bond motifs is 1. The molecule has 0 radical (unpaired) electrons. The van der Waals surface area contributed by atoms with Crippen molar-refractivity contribution in [1.82, 2.24) is 15.6 Å². The maximum absolute atomic E-state index is 12.3.